The van der Waals surface area contributed by atoms with Gasteiger partial charge in [-0.3, -0.25) is 4.79 Å². The summed E-state index contributed by atoms with van der Waals surface area (Å²) >= 11 is 0. The van der Waals surface area contributed by atoms with E-state index >= 15 is 0 Å². The lowest BCUT2D eigenvalue weighted by Gasteiger charge is -2.19. The van der Waals surface area contributed by atoms with E-state index in [1.54, 1.807) is 6.20 Å². The highest BCUT2D eigenvalue weighted by Crippen LogP contribution is 2.30. The molecule has 3 heterocycles. The average molecular weight is 375 g/mol. The Kier molecular flexibility index (Phi) is 5.39. The highest BCUT2D eigenvalue weighted by molar-refractivity contribution is 5.95. The van der Waals surface area contributed by atoms with Gasteiger partial charge in [-0.2, -0.15) is 5.10 Å². The molecule has 0 unspecified atom stereocenters. The van der Waals surface area contributed by atoms with E-state index in [1.165, 1.54) is 5.56 Å². The minimum Gasteiger partial charge on any atom is -0.338 e. The third-order valence-corrected chi connectivity index (χ3v) is 5.54. The molecule has 2 aromatic rings. The zero-order valence-electron chi connectivity index (χ0n) is 15.6. The molecule has 6 heteroatoms. The number of fused-ring (bicyclic) bond motifs is 1. The minimum absolute atomic E-state index is 0. The fraction of sp³-hybridized carbons (Fsp3) is 0.500. The quantitative estimate of drug-likeness (QED) is 0.898. The van der Waals surface area contributed by atoms with Crippen molar-refractivity contribution in [3.05, 3.63) is 47.3 Å². The molecule has 2 atom stereocenters. The highest BCUT2D eigenvalue weighted by atomic mass is 35.5. The maximum absolute atomic E-state index is 13.2. The van der Waals surface area contributed by atoms with Crippen LogP contribution >= 0.6 is 12.4 Å². The van der Waals surface area contributed by atoms with Gasteiger partial charge in [-0.1, -0.05) is 31.5 Å². The second-order valence-corrected chi connectivity index (χ2v) is 7.73. The lowest BCUT2D eigenvalue weighted by molar-refractivity contribution is 0.0780. The van der Waals surface area contributed by atoms with Gasteiger partial charge in [0.2, 0.25) is 0 Å². The van der Waals surface area contributed by atoms with Gasteiger partial charge in [-0.15, -0.1) is 12.4 Å². The van der Waals surface area contributed by atoms with Crippen molar-refractivity contribution in [3.63, 3.8) is 0 Å². The summed E-state index contributed by atoms with van der Waals surface area (Å²) in [6, 6.07) is 8.29. The van der Waals surface area contributed by atoms with E-state index in [0.29, 0.717) is 11.8 Å². The molecule has 2 aliphatic heterocycles. The summed E-state index contributed by atoms with van der Waals surface area (Å²) in [4.78, 5) is 15.2. The van der Waals surface area contributed by atoms with E-state index < -0.39 is 0 Å². The van der Waals surface area contributed by atoms with Gasteiger partial charge < -0.3 is 10.2 Å². The summed E-state index contributed by atoms with van der Waals surface area (Å²) in [6.07, 6.45) is 1.75. The molecule has 5 nitrogen and oxygen atoms in total. The lowest BCUT2D eigenvalue weighted by Crippen LogP contribution is -2.32. The number of rotatable bonds is 3. The number of hydrogen-bond acceptors (Lipinski definition) is 3. The molecule has 0 spiro atoms. The Morgan fingerprint density at radius 2 is 1.77 bits per heavy atom. The Balaban J connectivity index is 0.00000196. The number of amides is 1. The largest absolute Gasteiger partial charge is 0.338 e. The van der Waals surface area contributed by atoms with E-state index in [2.05, 4.69) is 55.5 Å². The Bertz CT molecular complexity index is 772. The first-order valence-corrected chi connectivity index (χ1v) is 9.19. The second-order valence-electron chi connectivity index (χ2n) is 7.73. The zero-order valence-corrected chi connectivity index (χ0v) is 16.4. The second kappa shape index (κ2) is 7.41. The Morgan fingerprint density at radius 3 is 2.35 bits per heavy atom. The predicted octanol–water partition coefficient (Wildman–Crippen LogP) is 3.02. The van der Waals surface area contributed by atoms with E-state index in [1.807, 2.05) is 9.58 Å². The number of benzene rings is 1. The van der Waals surface area contributed by atoms with Gasteiger partial charge >= 0.3 is 0 Å². The SMILES string of the molecule is Cc1ccc(-n2ncc(C(=O)N3C[C@H]4CNC[C@H]4C3)c2C(C)C)cc1.Cl. The first-order valence-electron chi connectivity index (χ1n) is 9.19. The number of aromatic nitrogens is 2. The summed E-state index contributed by atoms with van der Waals surface area (Å²) in [5, 5.41) is 7.99. The highest BCUT2D eigenvalue weighted by Gasteiger charge is 2.39. The van der Waals surface area contributed by atoms with Crippen molar-refractivity contribution in [1.82, 2.24) is 20.0 Å². The normalized spacial score (nSPS) is 21.8. The summed E-state index contributed by atoms with van der Waals surface area (Å²) in [5.74, 6) is 1.58. The summed E-state index contributed by atoms with van der Waals surface area (Å²) in [5.41, 5.74) is 3.99. The third kappa shape index (κ3) is 3.26. The number of hydrogen-bond donors (Lipinski definition) is 1. The van der Waals surface area contributed by atoms with E-state index in [0.717, 1.165) is 43.1 Å². The molecule has 26 heavy (non-hydrogen) atoms. The van der Waals surface area contributed by atoms with Gasteiger partial charge in [0.15, 0.2) is 0 Å². The predicted molar refractivity (Wildman–Crippen MR) is 105 cm³/mol. The molecular formula is C20H27ClN4O. The number of aryl methyl sites for hydroxylation is 1. The Hall–Kier alpha value is -1.85. The van der Waals surface area contributed by atoms with Gasteiger partial charge in [0.1, 0.15) is 0 Å². The average Bonchev–Trinajstić information content (AvgIpc) is 3.28. The molecule has 1 N–H and O–H groups in total. The van der Waals surface area contributed by atoms with Crippen LogP contribution in [-0.2, 0) is 0 Å². The molecule has 0 bridgehead atoms. The van der Waals surface area contributed by atoms with Gasteiger partial charge in [0, 0.05) is 26.2 Å². The minimum atomic E-state index is 0. The number of carbonyl (C=O) groups excluding carboxylic acids is 1. The number of halogens is 1. The van der Waals surface area contributed by atoms with Crippen LogP contribution in [0, 0.1) is 18.8 Å². The van der Waals surface area contributed by atoms with Crippen LogP contribution in [-0.4, -0.2) is 46.8 Å². The fourth-order valence-electron chi connectivity index (χ4n) is 4.16. The number of carbonyl (C=O) groups is 1. The maximum Gasteiger partial charge on any atom is 0.257 e. The van der Waals surface area contributed by atoms with Crippen molar-refractivity contribution in [1.29, 1.82) is 0 Å². The Labute approximate surface area is 161 Å². The van der Waals surface area contributed by atoms with E-state index in [-0.39, 0.29) is 24.2 Å². The van der Waals surface area contributed by atoms with Gasteiger partial charge in [0.25, 0.3) is 5.91 Å². The van der Waals surface area contributed by atoms with E-state index in [4.69, 9.17) is 0 Å². The third-order valence-electron chi connectivity index (χ3n) is 5.54. The molecule has 0 aliphatic carbocycles. The summed E-state index contributed by atoms with van der Waals surface area (Å²) in [7, 11) is 0. The molecule has 0 saturated carbocycles. The zero-order chi connectivity index (χ0) is 17.6. The van der Waals surface area contributed by atoms with Crippen LogP contribution in [0.4, 0.5) is 0 Å². The molecule has 140 valence electrons. The Morgan fingerprint density at radius 1 is 1.15 bits per heavy atom. The summed E-state index contributed by atoms with van der Waals surface area (Å²) < 4.78 is 1.93. The number of likely N-dealkylation sites (tertiary alicyclic amines) is 1. The first kappa shape index (κ1) is 18.9. The van der Waals surface area contributed by atoms with Gasteiger partial charge in [-0.05, 0) is 36.8 Å². The molecular weight excluding hydrogens is 348 g/mol. The number of nitrogens with one attached hydrogen (secondary N) is 1. The molecule has 2 aliphatic rings. The maximum atomic E-state index is 13.2. The molecule has 0 radical (unpaired) electrons. The van der Waals surface area contributed by atoms with Gasteiger partial charge in [-0.25, -0.2) is 4.68 Å². The van der Waals surface area contributed by atoms with Crippen LogP contribution < -0.4 is 5.32 Å². The molecule has 1 aromatic heterocycles. The van der Waals surface area contributed by atoms with Crippen molar-refractivity contribution in [3.8, 4) is 5.69 Å². The van der Waals surface area contributed by atoms with Crippen LogP contribution in [0.15, 0.2) is 30.5 Å². The molecule has 2 fully saturated rings. The first-order chi connectivity index (χ1) is 12.0. The van der Waals surface area contributed by atoms with Gasteiger partial charge in [0.05, 0.1) is 23.1 Å². The fourth-order valence-corrected chi connectivity index (χ4v) is 4.16. The van der Waals surface area contributed by atoms with Crippen LogP contribution in [0.2, 0.25) is 0 Å². The van der Waals surface area contributed by atoms with Crippen molar-refractivity contribution in [2.24, 2.45) is 11.8 Å². The topological polar surface area (TPSA) is 50.2 Å². The molecule has 2 saturated heterocycles. The van der Waals surface area contributed by atoms with Crippen LogP contribution in [0.5, 0.6) is 0 Å². The van der Waals surface area contributed by atoms with Crippen LogP contribution in [0.3, 0.4) is 0 Å². The standard InChI is InChI=1S/C20H26N4O.ClH/c1-13(2)19-18(10-22-24(19)17-6-4-14(3)5-7-17)20(25)23-11-15-8-21-9-16(15)12-23;/h4-7,10,13,15-16,21H,8-9,11-12H2,1-3H3;1H/t15-,16+;. The van der Waals surface area contributed by atoms with Crippen molar-refractivity contribution >= 4 is 18.3 Å². The van der Waals surface area contributed by atoms with E-state index in [9.17, 15) is 4.79 Å². The molecule has 4 rings (SSSR count). The smallest absolute Gasteiger partial charge is 0.257 e. The van der Waals surface area contributed by atoms with Crippen LogP contribution in [0.1, 0.15) is 41.4 Å². The lowest BCUT2D eigenvalue weighted by atomic mass is 10.0. The monoisotopic (exact) mass is 374 g/mol. The number of nitrogens with zero attached hydrogens (tertiary/aromatic N) is 3. The van der Waals surface area contributed by atoms with Crippen LogP contribution in [0.25, 0.3) is 5.69 Å². The molecule has 1 aromatic carbocycles. The van der Waals surface area contributed by atoms with Crippen molar-refractivity contribution < 1.29 is 4.79 Å². The summed E-state index contributed by atoms with van der Waals surface area (Å²) in [6.45, 7) is 10.1. The van der Waals surface area contributed by atoms with Crippen molar-refractivity contribution in [2.75, 3.05) is 26.2 Å². The molecule has 1 amide bonds. The van der Waals surface area contributed by atoms with Crippen molar-refractivity contribution in [2.45, 2.75) is 26.7 Å².